The van der Waals surface area contributed by atoms with Crippen LogP contribution in [0.2, 0.25) is 5.02 Å². The maximum absolute atomic E-state index is 6.31. The largest absolute Gasteiger partial charge is 0.383 e. The summed E-state index contributed by atoms with van der Waals surface area (Å²) in [6.07, 6.45) is 0. The third-order valence-electron chi connectivity index (χ3n) is 3.08. The first-order valence-corrected chi connectivity index (χ1v) is 8.23. The van der Waals surface area contributed by atoms with Crippen molar-refractivity contribution >= 4 is 51.3 Å². The molecule has 0 saturated carbocycles. The van der Waals surface area contributed by atoms with Crippen molar-refractivity contribution < 1.29 is 0 Å². The van der Waals surface area contributed by atoms with E-state index in [1.807, 2.05) is 31.3 Å². The molecule has 0 unspecified atom stereocenters. The number of nitrogen functional groups attached to an aromatic ring is 1. The lowest BCUT2D eigenvalue weighted by Crippen LogP contribution is -1.98. The molecule has 1 aromatic carbocycles. The molecule has 102 valence electrons. The summed E-state index contributed by atoms with van der Waals surface area (Å²) in [6.45, 7) is 0. The van der Waals surface area contributed by atoms with Crippen molar-refractivity contribution in [1.29, 1.82) is 0 Å². The van der Waals surface area contributed by atoms with Gasteiger partial charge in [-0.25, -0.2) is 0 Å². The molecule has 0 bridgehead atoms. The van der Waals surface area contributed by atoms with Gasteiger partial charge in [-0.1, -0.05) is 29.8 Å². The summed E-state index contributed by atoms with van der Waals surface area (Å²) in [4.78, 5) is 0. The van der Waals surface area contributed by atoms with Gasteiger partial charge < -0.3 is 5.73 Å². The van der Waals surface area contributed by atoms with Crippen LogP contribution in [-0.2, 0) is 7.05 Å². The number of nitrogens with zero attached hydrogens (tertiary/aromatic N) is 2. The molecule has 0 spiro atoms. The lowest BCUT2D eigenvalue weighted by molar-refractivity contribution is 0.782. The van der Waals surface area contributed by atoms with Crippen molar-refractivity contribution in [3.63, 3.8) is 0 Å². The fourth-order valence-corrected chi connectivity index (χ4v) is 3.66. The molecule has 0 atom stereocenters. The number of hydrogen-bond donors (Lipinski definition) is 1. The second-order valence-corrected chi connectivity index (χ2v) is 7.56. The molecule has 3 nitrogen and oxygen atoms in total. The molecule has 3 rings (SSSR count). The molecule has 6 heteroatoms. The lowest BCUT2D eigenvalue weighted by Gasteiger charge is -2.05. The van der Waals surface area contributed by atoms with E-state index in [4.69, 9.17) is 17.3 Å². The van der Waals surface area contributed by atoms with Crippen LogP contribution in [0, 0.1) is 2.88 Å². The van der Waals surface area contributed by atoms with Crippen molar-refractivity contribution in [2.24, 2.45) is 7.05 Å². The van der Waals surface area contributed by atoms with Gasteiger partial charge in [-0.3, -0.25) is 4.68 Å². The maximum Gasteiger partial charge on any atom is 0.129 e. The quantitative estimate of drug-likeness (QED) is 0.619. The first kappa shape index (κ1) is 13.9. The summed E-state index contributed by atoms with van der Waals surface area (Å²) in [5.74, 6) is 0.620. The Labute approximate surface area is 139 Å². The van der Waals surface area contributed by atoms with Crippen LogP contribution in [-0.4, -0.2) is 9.78 Å². The van der Waals surface area contributed by atoms with E-state index < -0.39 is 0 Å². The Morgan fingerprint density at radius 2 is 2.10 bits per heavy atom. The number of anilines is 1. The second kappa shape index (κ2) is 5.38. The normalized spacial score (nSPS) is 10.9. The predicted molar refractivity (Wildman–Crippen MR) is 94.1 cm³/mol. The van der Waals surface area contributed by atoms with E-state index in [9.17, 15) is 0 Å². The van der Waals surface area contributed by atoms with E-state index in [2.05, 4.69) is 39.1 Å². The zero-order valence-corrected chi connectivity index (χ0v) is 14.3. The van der Waals surface area contributed by atoms with Crippen molar-refractivity contribution in [3.05, 3.63) is 43.6 Å². The Balaban J connectivity index is 2.28. The van der Waals surface area contributed by atoms with E-state index in [1.165, 1.54) is 2.88 Å². The predicted octanol–water partition coefficient (Wildman–Crippen LogP) is 4.66. The Morgan fingerprint density at radius 1 is 1.35 bits per heavy atom. The average molecular weight is 416 g/mol. The molecular formula is C14H11ClIN3S. The minimum Gasteiger partial charge on any atom is -0.383 e. The van der Waals surface area contributed by atoms with Crippen molar-refractivity contribution in [2.45, 2.75) is 0 Å². The number of thiophene rings is 1. The number of benzene rings is 1. The molecule has 0 amide bonds. The first-order chi connectivity index (χ1) is 9.58. The van der Waals surface area contributed by atoms with E-state index in [0.29, 0.717) is 10.8 Å². The molecule has 2 aromatic heterocycles. The minimum atomic E-state index is 0.620. The monoisotopic (exact) mass is 415 g/mol. The van der Waals surface area contributed by atoms with E-state index >= 15 is 0 Å². The highest BCUT2D eigenvalue weighted by Crippen LogP contribution is 2.40. The Hall–Kier alpha value is -1.05. The molecule has 0 saturated heterocycles. The average Bonchev–Trinajstić information content (AvgIpc) is 2.96. The summed E-state index contributed by atoms with van der Waals surface area (Å²) in [7, 11) is 1.84. The van der Waals surface area contributed by atoms with Crippen LogP contribution in [0.4, 0.5) is 5.82 Å². The van der Waals surface area contributed by atoms with Crippen molar-refractivity contribution in [2.75, 3.05) is 5.73 Å². The molecule has 0 aliphatic heterocycles. The first-order valence-electron chi connectivity index (χ1n) is 5.89. The summed E-state index contributed by atoms with van der Waals surface area (Å²) in [5.41, 5.74) is 9.94. The molecule has 0 aliphatic carbocycles. The Kier molecular flexibility index (Phi) is 3.74. The van der Waals surface area contributed by atoms with Crippen LogP contribution in [0.25, 0.3) is 22.4 Å². The van der Waals surface area contributed by atoms with Gasteiger partial charge in [0.15, 0.2) is 0 Å². The topological polar surface area (TPSA) is 43.8 Å². The van der Waals surface area contributed by atoms with Gasteiger partial charge in [-0.05, 0) is 34.7 Å². The molecule has 0 fully saturated rings. The van der Waals surface area contributed by atoms with Crippen LogP contribution in [0.5, 0.6) is 0 Å². The van der Waals surface area contributed by atoms with E-state index in [0.717, 1.165) is 22.4 Å². The number of nitrogens with two attached hydrogens (primary N) is 1. The van der Waals surface area contributed by atoms with Gasteiger partial charge in [0.2, 0.25) is 0 Å². The van der Waals surface area contributed by atoms with Crippen LogP contribution in [0.15, 0.2) is 35.7 Å². The van der Waals surface area contributed by atoms with Crippen molar-refractivity contribution in [3.8, 4) is 22.4 Å². The smallest absolute Gasteiger partial charge is 0.129 e. The Morgan fingerprint density at radius 3 is 2.75 bits per heavy atom. The zero-order valence-electron chi connectivity index (χ0n) is 10.6. The number of hydrogen-bond acceptors (Lipinski definition) is 3. The molecule has 3 aromatic rings. The van der Waals surface area contributed by atoms with Gasteiger partial charge in [-0.2, -0.15) is 5.10 Å². The summed E-state index contributed by atoms with van der Waals surface area (Å²) >= 11 is 10.3. The van der Waals surface area contributed by atoms with Gasteiger partial charge in [0.05, 0.1) is 8.45 Å². The summed E-state index contributed by atoms with van der Waals surface area (Å²) < 4.78 is 2.91. The van der Waals surface area contributed by atoms with Gasteiger partial charge in [0.25, 0.3) is 0 Å². The fraction of sp³-hybridized carbons (Fsp3) is 0.0714. The summed E-state index contributed by atoms with van der Waals surface area (Å²) in [6, 6.07) is 9.80. The van der Waals surface area contributed by atoms with Gasteiger partial charge >= 0.3 is 0 Å². The second-order valence-electron chi connectivity index (χ2n) is 4.35. The van der Waals surface area contributed by atoms with Crippen LogP contribution < -0.4 is 5.73 Å². The third kappa shape index (κ3) is 2.34. The van der Waals surface area contributed by atoms with Gasteiger partial charge in [0, 0.05) is 28.6 Å². The molecule has 20 heavy (non-hydrogen) atoms. The van der Waals surface area contributed by atoms with Crippen LogP contribution >= 0.6 is 45.5 Å². The fourth-order valence-electron chi connectivity index (χ4n) is 2.10. The number of aryl methyl sites for hydroxylation is 1. The molecular weight excluding hydrogens is 405 g/mol. The van der Waals surface area contributed by atoms with Crippen LogP contribution in [0.1, 0.15) is 0 Å². The SMILES string of the molecule is Cn1nc(-c2csc(I)c2)c(-c2ccccc2Cl)c1N. The third-order valence-corrected chi connectivity index (χ3v) is 5.19. The van der Waals surface area contributed by atoms with Gasteiger partial charge in [-0.15, -0.1) is 11.3 Å². The maximum atomic E-state index is 6.31. The molecule has 0 radical (unpaired) electrons. The molecule has 0 aliphatic rings. The highest BCUT2D eigenvalue weighted by Gasteiger charge is 2.19. The Bertz CT molecular complexity index is 779. The lowest BCUT2D eigenvalue weighted by atomic mass is 10.0. The van der Waals surface area contributed by atoms with E-state index in [1.54, 1.807) is 16.0 Å². The highest BCUT2D eigenvalue weighted by molar-refractivity contribution is 14.1. The molecule has 2 heterocycles. The van der Waals surface area contributed by atoms with Gasteiger partial charge in [0.1, 0.15) is 11.5 Å². The standard InChI is InChI=1S/C14H11ClIN3S/c1-19-14(17)12(9-4-2-3-5-10(9)15)13(18-19)8-6-11(16)20-7-8/h2-7H,17H2,1H3. The molecule has 2 N–H and O–H groups in total. The zero-order chi connectivity index (χ0) is 14.3. The van der Waals surface area contributed by atoms with Crippen molar-refractivity contribution in [1.82, 2.24) is 9.78 Å². The number of aromatic nitrogens is 2. The number of halogens is 2. The summed E-state index contributed by atoms with van der Waals surface area (Å²) in [5, 5.41) is 7.31. The van der Waals surface area contributed by atoms with Crippen LogP contribution in [0.3, 0.4) is 0 Å². The highest BCUT2D eigenvalue weighted by atomic mass is 127. The van der Waals surface area contributed by atoms with E-state index in [-0.39, 0.29) is 0 Å². The number of rotatable bonds is 2. The minimum absolute atomic E-state index is 0.620.